The number of benzene rings is 2. The van der Waals surface area contributed by atoms with Gasteiger partial charge in [0.05, 0.1) is 24.1 Å². The molecule has 2 aliphatic heterocycles. The van der Waals surface area contributed by atoms with Gasteiger partial charge in [-0.1, -0.05) is 34.6 Å². The summed E-state index contributed by atoms with van der Waals surface area (Å²) in [7, 11) is 0. The largest absolute Gasteiger partial charge is 0.347 e. The van der Waals surface area contributed by atoms with Gasteiger partial charge in [0.15, 0.2) is 0 Å². The molecule has 1 saturated heterocycles. The van der Waals surface area contributed by atoms with E-state index in [2.05, 4.69) is 36.5 Å². The lowest BCUT2D eigenvalue weighted by Gasteiger charge is -2.29. The van der Waals surface area contributed by atoms with Crippen LogP contribution < -0.4 is 10.6 Å². The Labute approximate surface area is 204 Å². The first kappa shape index (κ1) is 21.6. The van der Waals surface area contributed by atoms with Crippen LogP contribution in [0.4, 0.5) is 5.95 Å². The molecule has 0 saturated carbocycles. The van der Waals surface area contributed by atoms with E-state index in [4.69, 9.17) is 0 Å². The Kier molecular flexibility index (Phi) is 5.21. The van der Waals surface area contributed by atoms with Gasteiger partial charge >= 0.3 is 0 Å². The average molecular weight is 484 g/mol. The molecular formula is C23H20N10O3. The fourth-order valence-electron chi connectivity index (χ4n) is 4.40. The highest BCUT2D eigenvalue weighted by molar-refractivity contribution is 6.05. The van der Waals surface area contributed by atoms with Crippen LogP contribution in [0.5, 0.6) is 0 Å². The van der Waals surface area contributed by atoms with E-state index in [-0.39, 0.29) is 18.2 Å². The standard InChI is InChI=1S/C23H20N10O3/c34-20-9-8-19(21(35)25-20)31-12-14-6-7-17(10-18(14)22(31)36)32-13-15(26-29-32)11-24-23-27-28-30-33(23)16-4-2-1-3-5-16/h1-7,10,13,19H,8-9,11-12H2,(H,24,27,30)(H,25,34,35). The van der Waals surface area contributed by atoms with Gasteiger partial charge in [-0.3, -0.25) is 19.7 Å². The van der Waals surface area contributed by atoms with Crippen LogP contribution in [0, 0.1) is 0 Å². The van der Waals surface area contributed by atoms with Crippen molar-refractivity contribution in [3.05, 3.63) is 71.5 Å². The van der Waals surface area contributed by atoms with Crippen LogP contribution in [0.25, 0.3) is 11.4 Å². The molecule has 13 nitrogen and oxygen atoms in total. The van der Waals surface area contributed by atoms with Crippen LogP contribution in [0.1, 0.15) is 34.5 Å². The van der Waals surface area contributed by atoms with Crippen LogP contribution in [0.15, 0.2) is 54.7 Å². The molecule has 1 fully saturated rings. The number of hydrogen-bond donors (Lipinski definition) is 2. The first-order chi connectivity index (χ1) is 17.6. The molecule has 6 rings (SSSR count). The number of tetrazole rings is 1. The molecule has 0 radical (unpaired) electrons. The molecule has 4 heterocycles. The number of fused-ring (bicyclic) bond motifs is 1. The second kappa shape index (κ2) is 8.69. The number of hydrogen-bond acceptors (Lipinski definition) is 9. The molecule has 0 aliphatic carbocycles. The van der Waals surface area contributed by atoms with Gasteiger partial charge in [-0.25, -0.2) is 4.68 Å². The number of imide groups is 1. The molecule has 0 spiro atoms. The average Bonchev–Trinajstić information content (AvgIpc) is 3.62. The van der Waals surface area contributed by atoms with Gasteiger partial charge in [-0.15, -0.1) is 5.10 Å². The Morgan fingerprint density at radius 1 is 1.00 bits per heavy atom. The zero-order valence-electron chi connectivity index (χ0n) is 18.9. The Balaban J connectivity index is 1.16. The highest BCUT2D eigenvalue weighted by Crippen LogP contribution is 2.29. The van der Waals surface area contributed by atoms with Crippen LogP contribution in [0.3, 0.4) is 0 Å². The maximum Gasteiger partial charge on any atom is 0.255 e. The normalized spacial score (nSPS) is 17.3. The van der Waals surface area contributed by atoms with Crippen LogP contribution in [-0.2, 0) is 22.7 Å². The SMILES string of the molecule is O=C1CCC(N2Cc3ccc(-n4cc(CNc5nnnn5-c5ccccc5)nn4)cc3C2=O)C(=O)N1. The molecule has 2 aromatic heterocycles. The molecule has 180 valence electrons. The van der Waals surface area contributed by atoms with Crippen molar-refractivity contribution in [3.63, 3.8) is 0 Å². The summed E-state index contributed by atoms with van der Waals surface area (Å²) in [5.74, 6) is -0.515. The van der Waals surface area contributed by atoms with Gasteiger partial charge in [0.25, 0.3) is 5.91 Å². The number of carbonyl (C=O) groups is 3. The fraction of sp³-hybridized carbons (Fsp3) is 0.217. The predicted octanol–water partition coefficient (Wildman–Crippen LogP) is 0.616. The third-order valence-corrected chi connectivity index (χ3v) is 6.22. The molecule has 2 aromatic carbocycles. The third-order valence-electron chi connectivity index (χ3n) is 6.22. The Hall–Kier alpha value is -4.94. The minimum absolute atomic E-state index is 0.218. The van der Waals surface area contributed by atoms with Crippen LogP contribution in [-0.4, -0.2) is 63.9 Å². The highest BCUT2D eigenvalue weighted by Gasteiger charge is 2.39. The molecule has 4 aromatic rings. The second-order valence-corrected chi connectivity index (χ2v) is 8.50. The molecule has 1 atom stereocenters. The number of aromatic nitrogens is 7. The predicted molar refractivity (Wildman–Crippen MR) is 124 cm³/mol. The van der Waals surface area contributed by atoms with Gasteiger partial charge in [0, 0.05) is 18.5 Å². The third kappa shape index (κ3) is 3.85. The number of anilines is 1. The quantitative estimate of drug-likeness (QED) is 0.375. The number of amides is 3. The lowest BCUT2D eigenvalue weighted by molar-refractivity contribution is -0.136. The summed E-state index contributed by atoms with van der Waals surface area (Å²) in [5.41, 5.74) is 3.47. The van der Waals surface area contributed by atoms with Gasteiger partial charge in [-0.05, 0) is 46.7 Å². The van der Waals surface area contributed by atoms with Gasteiger partial charge < -0.3 is 10.2 Å². The number of rotatable bonds is 6. The van der Waals surface area contributed by atoms with E-state index in [9.17, 15) is 14.4 Å². The second-order valence-electron chi connectivity index (χ2n) is 8.50. The number of nitrogens with one attached hydrogen (secondary N) is 2. The van der Waals surface area contributed by atoms with Crippen molar-refractivity contribution in [1.29, 1.82) is 0 Å². The first-order valence-corrected chi connectivity index (χ1v) is 11.3. The molecule has 13 heteroatoms. The Morgan fingerprint density at radius 2 is 1.86 bits per heavy atom. The van der Waals surface area contributed by atoms with E-state index in [0.717, 1.165) is 11.3 Å². The van der Waals surface area contributed by atoms with Crippen LogP contribution >= 0.6 is 0 Å². The minimum Gasteiger partial charge on any atom is -0.347 e. The molecular weight excluding hydrogens is 464 g/mol. The van der Waals surface area contributed by atoms with Crippen molar-refractivity contribution in [2.75, 3.05) is 5.32 Å². The fourth-order valence-corrected chi connectivity index (χ4v) is 4.40. The Bertz CT molecular complexity index is 1480. The molecule has 2 N–H and O–H groups in total. The molecule has 1 unspecified atom stereocenters. The molecule has 3 amide bonds. The topological polar surface area (TPSA) is 153 Å². The number of piperidine rings is 1. The van der Waals surface area contributed by atoms with Crippen molar-refractivity contribution >= 4 is 23.7 Å². The van der Waals surface area contributed by atoms with Crippen molar-refractivity contribution in [2.45, 2.75) is 32.0 Å². The van der Waals surface area contributed by atoms with Gasteiger partial charge in [0.1, 0.15) is 11.7 Å². The van der Waals surface area contributed by atoms with Gasteiger partial charge in [0.2, 0.25) is 17.8 Å². The van der Waals surface area contributed by atoms with Gasteiger partial charge in [-0.2, -0.15) is 4.68 Å². The van der Waals surface area contributed by atoms with E-state index in [1.165, 1.54) is 4.90 Å². The summed E-state index contributed by atoms with van der Waals surface area (Å²) in [5, 5.41) is 25.6. The van der Waals surface area contributed by atoms with E-state index in [0.29, 0.717) is 42.4 Å². The van der Waals surface area contributed by atoms with Crippen molar-refractivity contribution in [2.24, 2.45) is 0 Å². The number of para-hydroxylation sites is 1. The summed E-state index contributed by atoms with van der Waals surface area (Å²) in [6.07, 6.45) is 2.29. The zero-order valence-corrected chi connectivity index (χ0v) is 18.9. The summed E-state index contributed by atoms with van der Waals surface area (Å²) >= 11 is 0. The monoisotopic (exact) mass is 484 g/mol. The maximum absolute atomic E-state index is 13.1. The zero-order chi connectivity index (χ0) is 24.6. The molecule has 36 heavy (non-hydrogen) atoms. The smallest absolute Gasteiger partial charge is 0.255 e. The maximum atomic E-state index is 13.1. The molecule has 2 aliphatic rings. The van der Waals surface area contributed by atoms with E-state index in [1.54, 1.807) is 21.6 Å². The summed E-state index contributed by atoms with van der Waals surface area (Å²) in [4.78, 5) is 38.3. The summed E-state index contributed by atoms with van der Waals surface area (Å²) in [6.45, 7) is 0.656. The number of nitrogens with zero attached hydrogens (tertiary/aromatic N) is 8. The van der Waals surface area contributed by atoms with E-state index < -0.39 is 11.9 Å². The van der Waals surface area contributed by atoms with E-state index in [1.807, 2.05) is 42.5 Å². The molecule has 0 bridgehead atoms. The Morgan fingerprint density at radius 3 is 2.69 bits per heavy atom. The van der Waals surface area contributed by atoms with E-state index >= 15 is 0 Å². The lowest BCUT2D eigenvalue weighted by atomic mass is 10.0. The van der Waals surface area contributed by atoms with Crippen LogP contribution in [0.2, 0.25) is 0 Å². The summed E-state index contributed by atoms with van der Waals surface area (Å²) < 4.78 is 3.17. The summed E-state index contributed by atoms with van der Waals surface area (Å²) in [6, 6.07) is 14.3. The number of carbonyl (C=O) groups excluding carboxylic acids is 3. The van der Waals surface area contributed by atoms with Crippen molar-refractivity contribution in [1.82, 2.24) is 45.4 Å². The van der Waals surface area contributed by atoms with Crippen molar-refractivity contribution in [3.8, 4) is 11.4 Å². The first-order valence-electron chi connectivity index (χ1n) is 11.3. The lowest BCUT2D eigenvalue weighted by Crippen LogP contribution is -2.52. The minimum atomic E-state index is -0.650. The van der Waals surface area contributed by atoms with Crippen molar-refractivity contribution < 1.29 is 14.4 Å². The highest BCUT2D eigenvalue weighted by atomic mass is 16.2.